The average molecular weight is 487 g/mol. The fourth-order valence-electron chi connectivity index (χ4n) is 4.87. The van der Waals surface area contributed by atoms with Crippen LogP contribution in [0.25, 0.3) is 0 Å². The van der Waals surface area contributed by atoms with E-state index in [1.807, 2.05) is 53.4 Å². The lowest BCUT2D eigenvalue weighted by molar-refractivity contribution is -0.135. The predicted molar refractivity (Wildman–Crippen MR) is 134 cm³/mol. The molecule has 1 fully saturated rings. The van der Waals surface area contributed by atoms with Crippen LogP contribution in [0, 0.1) is 5.92 Å². The van der Waals surface area contributed by atoms with Crippen LogP contribution in [-0.2, 0) is 17.8 Å². The van der Waals surface area contributed by atoms with Crippen LogP contribution in [0.3, 0.4) is 0 Å². The fraction of sp³-hybridized carbons (Fsp3) is 0.321. The van der Waals surface area contributed by atoms with Crippen LogP contribution in [0.1, 0.15) is 57.8 Å². The summed E-state index contributed by atoms with van der Waals surface area (Å²) < 4.78 is 0. The molecule has 2 N–H and O–H groups in total. The summed E-state index contributed by atoms with van der Waals surface area (Å²) in [5.41, 5.74) is 1.92. The summed E-state index contributed by atoms with van der Waals surface area (Å²) in [6, 6.07) is 21.4. The van der Waals surface area contributed by atoms with E-state index in [1.54, 1.807) is 0 Å². The van der Waals surface area contributed by atoms with Crippen LogP contribution >= 0.6 is 0 Å². The van der Waals surface area contributed by atoms with Crippen molar-refractivity contribution >= 4 is 17.8 Å². The highest BCUT2D eigenvalue weighted by atomic mass is 16.4. The second-order valence-electron chi connectivity index (χ2n) is 9.09. The van der Waals surface area contributed by atoms with Gasteiger partial charge in [0.15, 0.2) is 5.69 Å². The molecule has 8 heteroatoms. The molecule has 36 heavy (non-hydrogen) atoms. The Kier molecular flexibility index (Phi) is 8.39. The first-order chi connectivity index (χ1) is 17.5. The monoisotopic (exact) mass is 486 g/mol. The minimum atomic E-state index is -1.25. The third kappa shape index (κ3) is 6.53. The fourth-order valence-corrected chi connectivity index (χ4v) is 4.87. The Hall–Kier alpha value is -4.07. The van der Waals surface area contributed by atoms with Crippen molar-refractivity contribution in [2.24, 2.45) is 5.92 Å². The predicted octanol–water partition coefficient (Wildman–Crippen LogP) is 3.73. The van der Waals surface area contributed by atoms with Gasteiger partial charge < -0.3 is 15.3 Å². The van der Waals surface area contributed by atoms with Gasteiger partial charge in [-0.05, 0) is 36.3 Å². The highest BCUT2D eigenvalue weighted by Gasteiger charge is 2.33. The smallest absolute Gasteiger partial charge is 0.354 e. The number of nitrogens with one attached hydrogen (secondary N) is 1. The zero-order chi connectivity index (χ0) is 25.3. The van der Waals surface area contributed by atoms with E-state index in [2.05, 4.69) is 27.4 Å². The zero-order valence-electron chi connectivity index (χ0n) is 20.0. The van der Waals surface area contributed by atoms with Crippen LogP contribution < -0.4 is 5.32 Å². The van der Waals surface area contributed by atoms with Gasteiger partial charge in [0.2, 0.25) is 5.91 Å². The molecular weight excluding hydrogens is 456 g/mol. The Bertz CT molecular complexity index is 1190. The summed E-state index contributed by atoms with van der Waals surface area (Å²) in [7, 11) is 0. The van der Waals surface area contributed by atoms with Gasteiger partial charge in [0.1, 0.15) is 12.0 Å². The van der Waals surface area contributed by atoms with Crippen molar-refractivity contribution in [2.75, 3.05) is 6.54 Å². The van der Waals surface area contributed by atoms with Crippen molar-refractivity contribution in [2.45, 2.75) is 44.7 Å². The van der Waals surface area contributed by atoms with Crippen LogP contribution in [-0.4, -0.2) is 50.3 Å². The molecule has 0 spiro atoms. The summed E-state index contributed by atoms with van der Waals surface area (Å²) >= 11 is 0. The van der Waals surface area contributed by atoms with Crippen molar-refractivity contribution in [3.63, 3.8) is 0 Å². The normalized spacial score (nSPS) is 17.2. The van der Waals surface area contributed by atoms with E-state index in [-0.39, 0.29) is 29.9 Å². The summed E-state index contributed by atoms with van der Waals surface area (Å²) in [4.78, 5) is 46.7. The van der Waals surface area contributed by atoms with Gasteiger partial charge in [-0.15, -0.1) is 0 Å². The molecule has 1 aliphatic rings. The number of carbonyl (C=O) groups is 3. The van der Waals surface area contributed by atoms with Gasteiger partial charge >= 0.3 is 5.97 Å². The van der Waals surface area contributed by atoms with E-state index in [4.69, 9.17) is 5.11 Å². The molecule has 3 aromatic rings. The van der Waals surface area contributed by atoms with E-state index in [9.17, 15) is 14.4 Å². The number of hydrogen-bond acceptors (Lipinski definition) is 5. The molecule has 8 nitrogen and oxygen atoms in total. The van der Waals surface area contributed by atoms with Crippen LogP contribution in [0.5, 0.6) is 0 Å². The van der Waals surface area contributed by atoms with E-state index < -0.39 is 11.9 Å². The highest BCUT2D eigenvalue weighted by molar-refractivity contribution is 5.96. The number of benzene rings is 2. The molecule has 1 saturated carbocycles. The number of aromatic nitrogens is 2. The maximum atomic E-state index is 13.5. The quantitative estimate of drug-likeness (QED) is 0.477. The second kappa shape index (κ2) is 12.1. The molecule has 0 radical (unpaired) electrons. The van der Waals surface area contributed by atoms with Crippen LogP contribution in [0.2, 0.25) is 0 Å². The van der Waals surface area contributed by atoms with Gasteiger partial charge in [0.25, 0.3) is 5.91 Å². The Balaban J connectivity index is 1.51. The molecule has 4 rings (SSSR count). The molecule has 0 saturated heterocycles. The Morgan fingerprint density at radius 2 is 1.53 bits per heavy atom. The van der Waals surface area contributed by atoms with Crippen molar-refractivity contribution < 1.29 is 19.5 Å². The summed E-state index contributed by atoms with van der Waals surface area (Å²) in [5, 5.41) is 11.7. The minimum Gasteiger partial charge on any atom is -0.477 e. The number of rotatable bonds is 9. The average Bonchev–Trinajstić information content (AvgIpc) is 2.92. The van der Waals surface area contributed by atoms with E-state index >= 15 is 0 Å². The molecule has 2 amide bonds. The van der Waals surface area contributed by atoms with E-state index in [0.29, 0.717) is 12.5 Å². The van der Waals surface area contributed by atoms with Crippen LogP contribution in [0.15, 0.2) is 73.1 Å². The lowest BCUT2D eigenvalue weighted by Gasteiger charge is -2.40. The first-order valence-electron chi connectivity index (χ1n) is 12.2. The molecule has 1 aromatic heterocycles. The van der Waals surface area contributed by atoms with E-state index in [0.717, 1.165) is 50.1 Å². The van der Waals surface area contributed by atoms with Crippen molar-refractivity contribution in [1.82, 2.24) is 20.2 Å². The molecular formula is C28H30N4O4. The SMILES string of the molecule is O=C(O)c1cc(C(=O)NCC(=O)N(Cc2ccccc2)C2CCCCC2Cc2ccccc2)ncn1. The number of carboxylic acid groups (broad SMARTS) is 1. The first-order valence-corrected chi connectivity index (χ1v) is 12.2. The third-order valence-electron chi connectivity index (χ3n) is 6.65. The van der Waals surface area contributed by atoms with Crippen molar-refractivity contribution in [1.29, 1.82) is 0 Å². The maximum Gasteiger partial charge on any atom is 0.354 e. The highest BCUT2D eigenvalue weighted by Crippen LogP contribution is 2.32. The third-order valence-corrected chi connectivity index (χ3v) is 6.65. The topological polar surface area (TPSA) is 112 Å². The molecule has 2 aromatic carbocycles. The lowest BCUT2D eigenvalue weighted by atomic mass is 9.79. The number of carbonyl (C=O) groups excluding carboxylic acids is 2. The Morgan fingerprint density at radius 1 is 0.889 bits per heavy atom. The van der Waals surface area contributed by atoms with Crippen molar-refractivity contribution in [3.8, 4) is 0 Å². The molecule has 1 aliphatic carbocycles. The number of aromatic carboxylic acids is 1. The van der Waals surface area contributed by atoms with Crippen LogP contribution in [0.4, 0.5) is 0 Å². The minimum absolute atomic E-state index is 0.0567. The van der Waals surface area contributed by atoms with Gasteiger partial charge in [-0.25, -0.2) is 14.8 Å². The van der Waals surface area contributed by atoms with Gasteiger partial charge in [-0.2, -0.15) is 0 Å². The summed E-state index contributed by atoms with van der Waals surface area (Å²) in [6.07, 6.45) is 6.08. The van der Waals surface area contributed by atoms with Gasteiger partial charge in [-0.3, -0.25) is 9.59 Å². The summed E-state index contributed by atoms with van der Waals surface area (Å²) in [5.74, 6) is -1.72. The number of nitrogens with zero attached hydrogens (tertiary/aromatic N) is 3. The van der Waals surface area contributed by atoms with E-state index in [1.165, 1.54) is 5.56 Å². The summed E-state index contributed by atoms with van der Waals surface area (Å²) in [6.45, 7) is 0.259. The Morgan fingerprint density at radius 3 is 2.22 bits per heavy atom. The molecule has 0 aliphatic heterocycles. The number of amides is 2. The first kappa shape index (κ1) is 25.0. The standard InChI is InChI=1S/C28H30N4O4/c33-26(17-29-27(34)23-16-24(28(35)36)31-19-30-23)32(18-21-11-5-2-6-12-21)25-14-8-7-13-22(25)15-20-9-3-1-4-10-20/h1-6,9-12,16,19,22,25H,7-8,13-15,17-18H2,(H,29,34)(H,35,36). The van der Waals surface area contributed by atoms with Crippen molar-refractivity contribution in [3.05, 3.63) is 95.6 Å². The molecule has 186 valence electrons. The number of hydrogen-bond donors (Lipinski definition) is 2. The van der Waals surface area contributed by atoms with Gasteiger partial charge in [-0.1, -0.05) is 73.5 Å². The van der Waals surface area contributed by atoms with Gasteiger partial charge in [0.05, 0.1) is 6.54 Å². The maximum absolute atomic E-state index is 13.5. The van der Waals surface area contributed by atoms with Gasteiger partial charge in [0, 0.05) is 18.7 Å². The molecule has 2 atom stereocenters. The lowest BCUT2D eigenvalue weighted by Crippen LogP contribution is -2.49. The molecule has 2 unspecified atom stereocenters. The molecule has 1 heterocycles. The largest absolute Gasteiger partial charge is 0.477 e. The zero-order valence-corrected chi connectivity index (χ0v) is 20.0. The number of carboxylic acids is 1. The second-order valence-corrected chi connectivity index (χ2v) is 9.09. The Labute approximate surface area is 210 Å². The molecule has 0 bridgehead atoms.